The molecule has 0 fully saturated rings. The lowest BCUT2D eigenvalue weighted by Gasteiger charge is -2.27. The lowest BCUT2D eigenvalue weighted by atomic mass is 10.1. The van der Waals surface area contributed by atoms with E-state index in [2.05, 4.69) is 5.43 Å². The third-order valence-electron chi connectivity index (χ3n) is 2.75. The number of benzene rings is 1. The number of hydrogen-bond acceptors (Lipinski definition) is 4. The van der Waals surface area contributed by atoms with Crippen molar-refractivity contribution in [1.82, 2.24) is 4.90 Å². The van der Waals surface area contributed by atoms with Gasteiger partial charge in [0.2, 0.25) is 0 Å². The molecular formula is C13H21N3O2. The summed E-state index contributed by atoms with van der Waals surface area (Å²) in [5, 5.41) is 8.88. The fourth-order valence-corrected chi connectivity index (χ4v) is 1.79. The van der Waals surface area contributed by atoms with Crippen molar-refractivity contribution in [2.24, 2.45) is 5.84 Å². The Morgan fingerprint density at radius 2 is 2.11 bits per heavy atom. The van der Waals surface area contributed by atoms with Crippen LogP contribution in [0.15, 0.2) is 24.3 Å². The van der Waals surface area contributed by atoms with E-state index in [1.807, 2.05) is 19.9 Å². The predicted molar refractivity (Wildman–Crippen MR) is 72.1 cm³/mol. The number of aliphatic hydroxyl groups is 1. The SMILES string of the molecule is CC(C)N(CCCO)C(=O)c1ccccc1NN. The minimum atomic E-state index is -0.0769. The molecule has 0 saturated carbocycles. The first-order valence-electron chi connectivity index (χ1n) is 6.09. The van der Waals surface area contributed by atoms with Crippen LogP contribution in [0.25, 0.3) is 0 Å². The number of anilines is 1. The second-order valence-electron chi connectivity index (χ2n) is 4.36. The summed E-state index contributed by atoms with van der Waals surface area (Å²) in [7, 11) is 0. The van der Waals surface area contributed by atoms with Gasteiger partial charge in [0.15, 0.2) is 0 Å². The highest BCUT2D eigenvalue weighted by atomic mass is 16.3. The zero-order valence-corrected chi connectivity index (χ0v) is 10.9. The van der Waals surface area contributed by atoms with Crippen LogP contribution in [0.3, 0.4) is 0 Å². The van der Waals surface area contributed by atoms with Crippen molar-refractivity contribution in [3.63, 3.8) is 0 Å². The summed E-state index contributed by atoms with van der Waals surface area (Å²) in [6, 6.07) is 7.21. The van der Waals surface area contributed by atoms with Crippen LogP contribution in [0.5, 0.6) is 0 Å². The third-order valence-corrected chi connectivity index (χ3v) is 2.75. The molecule has 1 aromatic carbocycles. The van der Waals surface area contributed by atoms with Crippen LogP contribution in [0.1, 0.15) is 30.6 Å². The molecule has 100 valence electrons. The Labute approximate surface area is 108 Å². The van der Waals surface area contributed by atoms with E-state index in [0.29, 0.717) is 24.2 Å². The Kier molecular flexibility index (Phi) is 5.61. The summed E-state index contributed by atoms with van der Waals surface area (Å²) in [6.45, 7) is 4.51. The Morgan fingerprint density at radius 3 is 2.67 bits per heavy atom. The zero-order valence-electron chi connectivity index (χ0n) is 10.9. The van der Waals surface area contributed by atoms with E-state index in [-0.39, 0.29) is 18.6 Å². The summed E-state index contributed by atoms with van der Waals surface area (Å²) in [5.41, 5.74) is 3.69. The molecule has 1 aromatic rings. The molecule has 0 radical (unpaired) electrons. The molecule has 0 atom stereocenters. The van der Waals surface area contributed by atoms with E-state index in [1.54, 1.807) is 23.1 Å². The number of nitrogen functional groups attached to an aromatic ring is 1. The fourth-order valence-electron chi connectivity index (χ4n) is 1.79. The van der Waals surface area contributed by atoms with Gasteiger partial charge in [-0.3, -0.25) is 10.6 Å². The van der Waals surface area contributed by atoms with Crippen LogP contribution in [-0.2, 0) is 0 Å². The summed E-state index contributed by atoms with van der Waals surface area (Å²) in [6.07, 6.45) is 0.572. The average molecular weight is 251 g/mol. The first-order valence-corrected chi connectivity index (χ1v) is 6.09. The second-order valence-corrected chi connectivity index (χ2v) is 4.36. The van der Waals surface area contributed by atoms with Crippen LogP contribution in [0, 0.1) is 0 Å². The lowest BCUT2D eigenvalue weighted by Crippen LogP contribution is -2.38. The van der Waals surface area contributed by atoms with Gasteiger partial charge in [0.05, 0.1) is 11.3 Å². The van der Waals surface area contributed by atoms with Crippen molar-refractivity contribution < 1.29 is 9.90 Å². The van der Waals surface area contributed by atoms with E-state index >= 15 is 0 Å². The Balaban J connectivity index is 2.94. The molecule has 1 amide bonds. The second kappa shape index (κ2) is 6.98. The normalized spacial score (nSPS) is 10.5. The molecule has 0 aliphatic heterocycles. The molecular weight excluding hydrogens is 230 g/mol. The maximum absolute atomic E-state index is 12.4. The maximum Gasteiger partial charge on any atom is 0.256 e. The number of carbonyl (C=O) groups excluding carboxylic acids is 1. The van der Waals surface area contributed by atoms with Crippen molar-refractivity contribution in [2.75, 3.05) is 18.6 Å². The molecule has 5 heteroatoms. The minimum absolute atomic E-state index is 0.0767. The van der Waals surface area contributed by atoms with E-state index in [4.69, 9.17) is 10.9 Å². The van der Waals surface area contributed by atoms with Gasteiger partial charge in [-0.2, -0.15) is 0 Å². The van der Waals surface area contributed by atoms with Gasteiger partial charge in [-0.15, -0.1) is 0 Å². The summed E-state index contributed by atoms with van der Waals surface area (Å²) in [5.74, 6) is 5.33. The van der Waals surface area contributed by atoms with Crippen molar-refractivity contribution in [2.45, 2.75) is 26.3 Å². The standard InChI is InChI=1S/C13H21N3O2/c1-10(2)16(8-5-9-17)13(18)11-6-3-4-7-12(11)15-14/h3-4,6-7,10,15,17H,5,8-9,14H2,1-2H3. The molecule has 0 aliphatic rings. The molecule has 0 bridgehead atoms. The molecule has 0 aliphatic carbocycles. The molecule has 0 spiro atoms. The molecule has 0 aromatic heterocycles. The van der Waals surface area contributed by atoms with Gasteiger partial charge in [-0.05, 0) is 32.4 Å². The van der Waals surface area contributed by atoms with Gasteiger partial charge >= 0.3 is 0 Å². The number of aliphatic hydroxyl groups excluding tert-OH is 1. The van der Waals surface area contributed by atoms with Crippen LogP contribution in [0.4, 0.5) is 5.69 Å². The van der Waals surface area contributed by atoms with Crippen LogP contribution >= 0.6 is 0 Å². The van der Waals surface area contributed by atoms with E-state index in [1.165, 1.54) is 0 Å². The Bertz CT molecular complexity index is 394. The number of para-hydroxylation sites is 1. The van der Waals surface area contributed by atoms with Crippen molar-refractivity contribution >= 4 is 11.6 Å². The number of hydrogen-bond donors (Lipinski definition) is 3. The smallest absolute Gasteiger partial charge is 0.256 e. The topological polar surface area (TPSA) is 78.6 Å². The summed E-state index contributed by atoms with van der Waals surface area (Å²) < 4.78 is 0. The quantitative estimate of drug-likeness (QED) is 0.524. The number of nitrogens with zero attached hydrogens (tertiary/aromatic N) is 1. The van der Waals surface area contributed by atoms with Crippen molar-refractivity contribution in [3.8, 4) is 0 Å². The van der Waals surface area contributed by atoms with Gasteiger partial charge in [0.1, 0.15) is 0 Å². The van der Waals surface area contributed by atoms with E-state index in [0.717, 1.165) is 0 Å². The van der Waals surface area contributed by atoms with Gasteiger partial charge < -0.3 is 15.4 Å². The molecule has 4 N–H and O–H groups in total. The zero-order chi connectivity index (χ0) is 13.5. The van der Waals surface area contributed by atoms with Crippen LogP contribution < -0.4 is 11.3 Å². The van der Waals surface area contributed by atoms with E-state index in [9.17, 15) is 4.79 Å². The van der Waals surface area contributed by atoms with Gasteiger partial charge in [-0.1, -0.05) is 12.1 Å². The largest absolute Gasteiger partial charge is 0.396 e. The molecule has 5 nitrogen and oxygen atoms in total. The number of rotatable bonds is 6. The fraction of sp³-hybridized carbons (Fsp3) is 0.462. The highest BCUT2D eigenvalue weighted by Gasteiger charge is 2.20. The van der Waals surface area contributed by atoms with Gasteiger partial charge in [-0.25, -0.2) is 0 Å². The number of nitrogens with two attached hydrogens (primary N) is 1. The first-order chi connectivity index (χ1) is 8.61. The first kappa shape index (κ1) is 14.5. The highest BCUT2D eigenvalue weighted by Crippen LogP contribution is 2.17. The van der Waals surface area contributed by atoms with Crippen LogP contribution in [-0.4, -0.2) is 35.1 Å². The van der Waals surface area contributed by atoms with Gasteiger partial charge in [0.25, 0.3) is 5.91 Å². The molecule has 0 saturated heterocycles. The predicted octanol–water partition coefficient (Wildman–Crippen LogP) is 1.21. The number of amides is 1. The molecule has 1 rings (SSSR count). The van der Waals surface area contributed by atoms with Crippen molar-refractivity contribution in [1.29, 1.82) is 0 Å². The highest BCUT2D eigenvalue weighted by molar-refractivity contribution is 5.99. The minimum Gasteiger partial charge on any atom is -0.396 e. The molecule has 0 heterocycles. The summed E-state index contributed by atoms with van der Waals surface area (Å²) >= 11 is 0. The van der Waals surface area contributed by atoms with Crippen LogP contribution in [0.2, 0.25) is 0 Å². The summed E-state index contributed by atoms with van der Waals surface area (Å²) in [4.78, 5) is 14.1. The Hall–Kier alpha value is -1.59. The van der Waals surface area contributed by atoms with Crippen molar-refractivity contribution in [3.05, 3.63) is 29.8 Å². The lowest BCUT2D eigenvalue weighted by molar-refractivity contribution is 0.0694. The maximum atomic E-state index is 12.4. The van der Waals surface area contributed by atoms with E-state index < -0.39 is 0 Å². The Morgan fingerprint density at radius 1 is 1.44 bits per heavy atom. The number of nitrogens with one attached hydrogen (secondary N) is 1. The van der Waals surface area contributed by atoms with Gasteiger partial charge in [0, 0.05) is 19.2 Å². The monoisotopic (exact) mass is 251 g/mol. The molecule has 18 heavy (non-hydrogen) atoms. The number of carbonyl (C=O) groups is 1. The number of hydrazine groups is 1. The average Bonchev–Trinajstić information content (AvgIpc) is 2.38. The third kappa shape index (κ3) is 3.45. The molecule has 0 unspecified atom stereocenters.